The van der Waals surface area contributed by atoms with Crippen molar-refractivity contribution in [1.29, 1.82) is 0 Å². The highest BCUT2D eigenvalue weighted by Crippen LogP contribution is 2.26. The van der Waals surface area contributed by atoms with Crippen LogP contribution in [0.1, 0.15) is 10.4 Å². The van der Waals surface area contributed by atoms with Gasteiger partial charge in [0.05, 0.1) is 30.5 Å². The summed E-state index contributed by atoms with van der Waals surface area (Å²) in [6, 6.07) is 10.3. The highest BCUT2D eigenvalue weighted by molar-refractivity contribution is 7.89. The van der Waals surface area contributed by atoms with Crippen molar-refractivity contribution in [1.82, 2.24) is 4.47 Å². The molecule has 0 aliphatic carbocycles. The molecule has 0 saturated heterocycles. The molecule has 0 aliphatic heterocycles. The normalized spacial score (nSPS) is 11.2. The smallest absolute Gasteiger partial charge is 0.338 e. The number of amides is 1. The highest BCUT2D eigenvalue weighted by Gasteiger charge is 2.25. The van der Waals surface area contributed by atoms with E-state index in [-0.39, 0.29) is 15.5 Å². The lowest BCUT2D eigenvalue weighted by atomic mass is 10.2. The Labute approximate surface area is 173 Å². The predicted octanol–water partition coefficient (Wildman–Crippen LogP) is 2.33. The summed E-state index contributed by atoms with van der Waals surface area (Å²) in [6.07, 6.45) is 0. The van der Waals surface area contributed by atoms with Crippen LogP contribution in [0.4, 0.5) is 5.69 Å². The fourth-order valence-electron chi connectivity index (χ4n) is 2.21. The summed E-state index contributed by atoms with van der Waals surface area (Å²) < 4.78 is 35.4. The number of anilines is 1. The van der Waals surface area contributed by atoms with Crippen molar-refractivity contribution in [3.8, 4) is 5.75 Å². The van der Waals surface area contributed by atoms with E-state index in [0.717, 1.165) is 6.07 Å². The first kappa shape index (κ1) is 22.6. The zero-order valence-corrected chi connectivity index (χ0v) is 17.4. The summed E-state index contributed by atoms with van der Waals surface area (Å²) in [5, 5.41) is 2.46. The van der Waals surface area contributed by atoms with Crippen LogP contribution in [0, 0.1) is 0 Å². The second-order valence-electron chi connectivity index (χ2n) is 5.57. The van der Waals surface area contributed by atoms with Gasteiger partial charge in [0.25, 0.3) is 15.9 Å². The van der Waals surface area contributed by atoms with Crippen molar-refractivity contribution in [3.63, 3.8) is 0 Å². The Balaban J connectivity index is 2.09. The van der Waals surface area contributed by atoms with E-state index in [1.807, 2.05) is 0 Å². The number of hydrogen-bond acceptors (Lipinski definition) is 7. The van der Waals surface area contributed by atoms with Gasteiger partial charge >= 0.3 is 5.97 Å². The van der Waals surface area contributed by atoms with Crippen molar-refractivity contribution in [2.75, 3.05) is 33.2 Å². The van der Waals surface area contributed by atoms with E-state index in [0.29, 0.717) is 15.9 Å². The average Bonchev–Trinajstić information content (AvgIpc) is 2.71. The minimum Gasteiger partial charge on any atom is -0.495 e. The molecule has 0 fully saturated rings. The number of rotatable bonds is 8. The van der Waals surface area contributed by atoms with Gasteiger partial charge in [-0.25, -0.2) is 13.2 Å². The first-order valence-corrected chi connectivity index (χ1v) is 9.95. The van der Waals surface area contributed by atoms with Gasteiger partial charge in [-0.3, -0.25) is 9.63 Å². The van der Waals surface area contributed by atoms with E-state index in [2.05, 4.69) is 10.2 Å². The summed E-state index contributed by atoms with van der Waals surface area (Å²) in [7, 11) is -0.271. The fraction of sp³-hybridized carbons (Fsp3) is 0.222. The molecule has 0 atom stereocenters. The second-order valence-corrected chi connectivity index (χ2v) is 7.88. The van der Waals surface area contributed by atoms with Crippen LogP contribution < -0.4 is 10.1 Å². The topological polar surface area (TPSA) is 111 Å². The highest BCUT2D eigenvalue weighted by atomic mass is 35.5. The molecule has 156 valence electrons. The van der Waals surface area contributed by atoms with Gasteiger partial charge in [0.15, 0.2) is 6.61 Å². The third-order valence-corrected chi connectivity index (χ3v) is 5.92. The number of nitrogens with zero attached hydrogens (tertiary/aromatic N) is 1. The maximum Gasteiger partial charge on any atom is 0.338 e. The second kappa shape index (κ2) is 9.70. The van der Waals surface area contributed by atoms with E-state index in [4.69, 9.17) is 21.1 Å². The Morgan fingerprint density at radius 3 is 2.48 bits per heavy atom. The molecule has 2 rings (SSSR count). The molecule has 0 aliphatic rings. The van der Waals surface area contributed by atoms with Crippen LogP contribution in [-0.4, -0.2) is 52.6 Å². The maximum atomic E-state index is 12.4. The van der Waals surface area contributed by atoms with E-state index in [1.165, 1.54) is 33.4 Å². The monoisotopic (exact) mass is 442 g/mol. The average molecular weight is 443 g/mol. The van der Waals surface area contributed by atoms with Crippen LogP contribution in [0.5, 0.6) is 5.75 Å². The summed E-state index contributed by atoms with van der Waals surface area (Å²) in [5.74, 6) is -1.04. The lowest BCUT2D eigenvalue weighted by Crippen LogP contribution is -2.26. The molecule has 9 nitrogen and oxygen atoms in total. The maximum absolute atomic E-state index is 12.4. The molecule has 0 bridgehead atoms. The van der Waals surface area contributed by atoms with Crippen molar-refractivity contribution in [3.05, 3.63) is 53.1 Å². The summed E-state index contributed by atoms with van der Waals surface area (Å²) in [4.78, 5) is 28.6. The molecule has 0 aromatic heterocycles. The number of halogens is 1. The van der Waals surface area contributed by atoms with E-state index in [9.17, 15) is 18.0 Å². The molecule has 0 radical (unpaired) electrons. The summed E-state index contributed by atoms with van der Waals surface area (Å²) in [5.41, 5.74) is 0.320. The molecular weight excluding hydrogens is 424 g/mol. The van der Waals surface area contributed by atoms with E-state index < -0.39 is 28.5 Å². The lowest BCUT2D eigenvalue weighted by Gasteiger charge is -2.15. The molecule has 0 saturated carbocycles. The zero-order chi connectivity index (χ0) is 21.6. The summed E-state index contributed by atoms with van der Waals surface area (Å²) in [6.45, 7) is -0.584. The Kier molecular flexibility index (Phi) is 7.57. The van der Waals surface area contributed by atoms with Crippen LogP contribution in [0.15, 0.2) is 47.4 Å². The first-order valence-electron chi connectivity index (χ1n) is 8.13. The standard InChI is InChI=1S/C18H19ClN2O7S/c1-21(27-3)29(24,25)16-10-12(8-9-13(16)19)18(23)28-11-17(22)20-14-6-4-5-7-15(14)26-2/h4-10H,11H2,1-3H3,(H,20,22). The molecule has 0 spiro atoms. The number of hydroxylamine groups is 1. The number of methoxy groups -OCH3 is 1. The Morgan fingerprint density at radius 2 is 1.83 bits per heavy atom. The van der Waals surface area contributed by atoms with Gasteiger partial charge < -0.3 is 14.8 Å². The van der Waals surface area contributed by atoms with Crippen molar-refractivity contribution in [2.24, 2.45) is 0 Å². The molecule has 1 N–H and O–H groups in total. The van der Waals surface area contributed by atoms with Crippen molar-refractivity contribution in [2.45, 2.75) is 4.90 Å². The van der Waals surface area contributed by atoms with Crippen LogP contribution in [0.3, 0.4) is 0 Å². The van der Waals surface area contributed by atoms with E-state index in [1.54, 1.807) is 24.3 Å². The zero-order valence-electron chi connectivity index (χ0n) is 15.8. The van der Waals surface area contributed by atoms with E-state index >= 15 is 0 Å². The summed E-state index contributed by atoms with van der Waals surface area (Å²) >= 11 is 5.94. The largest absolute Gasteiger partial charge is 0.495 e. The molecule has 11 heteroatoms. The molecule has 29 heavy (non-hydrogen) atoms. The number of carbonyl (C=O) groups is 2. The third kappa shape index (κ3) is 5.45. The van der Waals surface area contributed by atoms with Gasteiger partial charge in [0.2, 0.25) is 0 Å². The van der Waals surface area contributed by atoms with Crippen LogP contribution in [0.2, 0.25) is 5.02 Å². The fourth-order valence-corrected chi connectivity index (χ4v) is 3.69. The van der Waals surface area contributed by atoms with Gasteiger partial charge in [-0.2, -0.15) is 0 Å². The van der Waals surface area contributed by atoms with Gasteiger partial charge in [-0.1, -0.05) is 28.2 Å². The number of benzene rings is 2. The molecule has 2 aromatic rings. The Hall–Kier alpha value is -2.66. The minimum absolute atomic E-state index is 0.0948. The number of nitrogens with one attached hydrogen (secondary N) is 1. The van der Waals surface area contributed by atoms with Crippen molar-refractivity contribution < 1.29 is 32.3 Å². The van der Waals surface area contributed by atoms with Crippen molar-refractivity contribution >= 4 is 39.2 Å². The van der Waals surface area contributed by atoms with Crippen LogP contribution in [-0.2, 0) is 24.4 Å². The molecular formula is C18H19ClN2O7S. The molecule has 2 aromatic carbocycles. The molecule has 0 unspecified atom stereocenters. The van der Waals surface area contributed by atoms with Gasteiger partial charge in [-0.15, -0.1) is 0 Å². The molecule has 0 heterocycles. The Bertz CT molecular complexity index is 1010. The predicted molar refractivity (Wildman–Crippen MR) is 105 cm³/mol. The lowest BCUT2D eigenvalue weighted by molar-refractivity contribution is -0.119. The van der Waals surface area contributed by atoms with Gasteiger partial charge in [0.1, 0.15) is 10.6 Å². The Morgan fingerprint density at radius 1 is 1.14 bits per heavy atom. The first-order chi connectivity index (χ1) is 13.7. The molecule has 1 amide bonds. The number of para-hydroxylation sites is 2. The number of hydrogen-bond donors (Lipinski definition) is 1. The number of carbonyl (C=O) groups excluding carboxylic acids is 2. The third-order valence-electron chi connectivity index (χ3n) is 3.76. The number of ether oxygens (including phenoxy) is 2. The van der Waals surface area contributed by atoms with Gasteiger partial charge in [0, 0.05) is 7.05 Å². The SMILES string of the molecule is COc1ccccc1NC(=O)COC(=O)c1ccc(Cl)c(S(=O)(=O)N(C)OC)c1. The number of esters is 1. The van der Waals surface area contributed by atoms with Crippen LogP contribution in [0.25, 0.3) is 0 Å². The quantitative estimate of drug-likeness (QED) is 0.493. The van der Waals surface area contributed by atoms with Crippen LogP contribution >= 0.6 is 11.6 Å². The van der Waals surface area contributed by atoms with Gasteiger partial charge in [-0.05, 0) is 30.3 Å². The minimum atomic E-state index is -4.08. The number of sulfonamides is 1.